The van der Waals surface area contributed by atoms with Crippen LogP contribution in [-0.4, -0.2) is 50.4 Å². The summed E-state index contributed by atoms with van der Waals surface area (Å²) in [5.41, 5.74) is 0.393. The van der Waals surface area contributed by atoms with Gasteiger partial charge >= 0.3 is 5.97 Å². The molecule has 0 aromatic carbocycles. The molecule has 130 valence electrons. The van der Waals surface area contributed by atoms with E-state index < -0.39 is 10.1 Å². The van der Waals surface area contributed by atoms with Crippen molar-refractivity contribution in [3.63, 3.8) is 0 Å². The highest BCUT2D eigenvalue weighted by Gasteiger charge is 2.12. The molecule has 0 saturated carbocycles. The first-order valence-corrected chi connectivity index (χ1v) is 9.37. The summed E-state index contributed by atoms with van der Waals surface area (Å²) in [5, 5.41) is 0. The molecule has 0 rings (SSSR count). The number of carbonyl (C=O) groups is 1. The fourth-order valence-corrected chi connectivity index (χ4v) is 2.71. The van der Waals surface area contributed by atoms with Gasteiger partial charge in [0.2, 0.25) is 0 Å². The Morgan fingerprint density at radius 2 is 1.86 bits per heavy atom. The Morgan fingerprint density at radius 3 is 2.36 bits per heavy atom. The molecule has 0 amide bonds. The second-order valence-electron chi connectivity index (χ2n) is 5.75. The van der Waals surface area contributed by atoms with Gasteiger partial charge < -0.3 is 14.2 Å². The summed E-state index contributed by atoms with van der Waals surface area (Å²) in [7, 11) is -4.12. The lowest BCUT2D eigenvalue weighted by Crippen LogP contribution is -3.12. The van der Waals surface area contributed by atoms with Crippen LogP contribution in [0.4, 0.5) is 0 Å². The van der Waals surface area contributed by atoms with Crippen molar-refractivity contribution in [3.8, 4) is 0 Å². The van der Waals surface area contributed by atoms with Crippen molar-refractivity contribution in [1.29, 1.82) is 0 Å². The number of quaternary nitrogens is 1. The molecule has 0 aromatic rings. The SMILES string of the molecule is C=C(C)C(=O)OC(C)CCC[NH+](CCC)CCCS(=O)(=O)[O-]. The smallest absolute Gasteiger partial charge is 0.333 e. The normalized spacial score (nSPS) is 14.4. The minimum atomic E-state index is -4.12. The van der Waals surface area contributed by atoms with E-state index in [-0.39, 0.29) is 17.8 Å². The van der Waals surface area contributed by atoms with E-state index in [2.05, 4.69) is 13.5 Å². The predicted octanol–water partition coefficient (Wildman–Crippen LogP) is 0.505. The van der Waals surface area contributed by atoms with Crippen LogP contribution in [0.2, 0.25) is 0 Å². The maximum atomic E-state index is 11.4. The van der Waals surface area contributed by atoms with Crippen molar-refractivity contribution in [2.75, 3.05) is 25.4 Å². The standard InChI is InChI=1S/C15H29NO5S/c1-5-9-16(11-7-12-22(18,19)20)10-6-8-14(4)21-15(17)13(2)3/h14H,2,5-12H2,1,3-4H3,(H,18,19,20). The molecule has 0 aromatic heterocycles. The van der Waals surface area contributed by atoms with Gasteiger partial charge in [0, 0.05) is 17.7 Å². The van der Waals surface area contributed by atoms with Crippen molar-refractivity contribution in [1.82, 2.24) is 0 Å². The van der Waals surface area contributed by atoms with Crippen LogP contribution >= 0.6 is 0 Å². The molecule has 0 bridgehead atoms. The largest absolute Gasteiger partial charge is 0.748 e. The average Bonchev–Trinajstić information content (AvgIpc) is 2.36. The maximum Gasteiger partial charge on any atom is 0.333 e. The van der Waals surface area contributed by atoms with E-state index in [1.54, 1.807) is 6.92 Å². The van der Waals surface area contributed by atoms with Crippen LogP contribution in [0.15, 0.2) is 12.2 Å². The number of rotatable bonds is 12. The zero-order valence-corrected chi connectivity index (χ0v) is 14.7. The van der Waals surface area contributed by atoms with Crippen molar-refractivity contribution < 1.29 is 27.4 Å². The molecule has 22 heavy (non-hydrogen) atoms. The van der Waals surface area contributed by atoms with E-state index in [0.29, 0.717) is 18.5 Å². The molecule has 6 nitrogen and oxygen atoms in total. The molecule has 7 heteroatoms. The summed E-state index contributed by atoms with van der Waals surface area (Å²) in [6.45, 7) is 11.6. The second kappa shape index (κ2) is 10.7. The molecule has 2 atom stereocenters. The Morgan fingerprint density at radius 1 is 1.27 bits per heavy atom. The highest BCUT2D eigenvalue weighted by Crippen LogP contribution is 2.04. The van der Waals surface area contributed by atoms with Crippen molar-refractivity contribution in [2.45, 2.75) is 52.6 Å². The summed E-state index contributed by atoms with van der Waals surface area (Å²) in [4.78, 5) is 12.7. The van der Waals surface area contributed by atoms with E-state index in [1.165, 1.54) is 4.90 Å². The monoisotopic (exact) mass is 335 g/mol. The van der Waals surface area contributed by atoms with Gasteiger partial charge in [-0.15, -0.1) is 0 Å². The zero-order chi connectivity index (χ0) is 17.2. The number of ether oxygens (including phenoxy) is 1. The molecular formula is C15H29NO5S. The Labute approximate surface area is 134 Å². The van der Waals surface area contributed by atoms with E-state index >= 15 is 0 Å². The molecule has 0 aliphatic heterocycles. The summed E-state index contributed by atoms with van der Waals surface area (Å²) >= 11 is 0. The van der Waals surface area contributed by atoms with Gasteiger partial charge in [-0.2, -0.15) is 0 Å². The Hall–Kier alpha value is -0.920. The lowest BCUT2D eigenvalue weighted by atomic mass is 10.2. The second-order valence-corrected chi connectivity index (χ2v) is 7.28. The molecule has 0 aliphatic carbocycles. The van der Waals surface area contributed by atoms with Crippen LogP contribution in [0.1, 0.15) is 46.5 Å². The van der Waals surface area contributed by atoms with Crippen molar-refractivity contribution in [2.24, 2.45) is 0 Å². The Kier molecular flexibility index (Phi) is 10.3. The zero-order valence-electron chi connectivity index (χ0n) is 13.9. The van der Waals surface area contributed by atoms with Crippen LogP contribution in [0.5, 0.6) is 0 Å². The van der Waals surface area contributed by atoms with E-state index in [4.69, 9.17) is 4.74 Å². The molecule has 2 unspecified atom stereocenters. The number of carbonyl (C=O) groups excluding carboxylic acids is 1. The third kappa shape index (κ3) is 11.7. The van der Waals surface area contributed by atoms with Gasteiger partial charge in [0.15, 0.2) is 0 Å². The molecule has 0 saturated heterocycles. The lowest BCUT2D eigenvalue weighted by molar-refractivity contribution is -0.900. The molecule has 0 fully saturated rings. The van der Waals surface area contributed by atoms with Gasteiger partial charge in [0.1, 0.15) is 0 Å². The van der Waals surface area contributed by atoms with Gasteiger partial charge in [-0.25, -0.2) is 13.2 Å². The predicted molar refractivity (Wildman–Crippen MR) is 84.6 cm³/mol. The Bertz CT molecular complexity index is 447. The summed E-state index contributed by atoms with van der Waals surface area (Å²) < 4.78 is 37.0. The van der Waals surface area contributed by atoms with Crippen LogP contribution in [0.3, 0.4) is 0 Å². The number of hydrogen-bond acceptors (Lipinski definition) is 5. The minimum absolute atomic E-state index is 0.158. The first-order chi connectivity index (χ1) is 10.2. The quantitative estimate of drug-likeness (QED) is 0.319. The van der Waals surface area contributed by atoms with Crippen LogP contribution in [-0.2, 0) is 19.6 Å². The molecular weight excluding hydrogens is 306 g/mol. The van der Waals surface area contributed by atoms with Crippen molar-refractivity contribution >= 4 is 16.1 Å². The van der Waals surface area contributed by atoms with Gasteiger partial charge in [-0.05, 0) is 33.1 Å². The third-order valence-corrected chi connectivity index (χ3v) is 4.11. The van der Waals surface area contributed by atoms with Gasteiger partial charge in [0.25, 0.3) is 0 Å². The summed E-state index contributed by atoms with van der Waals surface area (Å²) in [6.07, 6.45) is 2.87. The third-order valence-electron chi connectivity index (χ3n) is 3.33. The molecule has 0 radical (unpaired) electrons. The molecule has 1 N–H and O–H groups in total. The fraction of sp³-hybridized carbons (Fsp3) is 0.800. The van der Waals surface area contributed by atoms with Gasteiger partial charge in [0.05, 0.1) is 35.9 Å². The lowest BCUT2D eigenvalue weighted by Gasteiger charge is -2.20. The highest BCUT2D eigenvalue weighted by molar-refractivity contribution is 7.85. The van der Waals surface area contributed by atoms with Crippen LogP contribution in [0.25, 0.3) is 0 Å². The van der Waals surface area contributed by atoms with E-state index in [1.807, 2.05) is 6.92 Å². The maximum absolute atomic E-state index is 11.4. The van der Waals surface area contributed by atoms with Crippen molar-refractivity contribution in [3.05, 3.63) is 12.2 Å². The Balaban J connectivity index is 4.03. The molecule has 0 aliphatic rings. The van der Waals surface area contributed by atoms with Gasteiger partial charge in [-0.1, -0.05) is 13.5 Å². The molecule has 0 heterocycles. The number of esters is 1. The topological polar surface area (TPSA) is 87.9 Å². The summed E-state index contributed by atoms with van der Waals surface area (Å²) in [6, 6.07) is 0. The highest BCUT2D eigenvalue weighted by atomic mass is 32.2. The minimum Gasteiger partial charge on any atom is -0.748 e. The van der Waals surface area contributed by atoms with E-state index in [9.17, 15) is 17.8 Å². The number of nitrogens with one attached hydrogen (secondary N) is 1. The van der Waals surface area contributed by atoms with Gasteiger partial charge in [-0.3, -0.25) is 0 Å². The van der Waals surface area contributed by atoms with E-state index in [0.717, 1.165) is 32.4 Å². The molecule has 0 spiro atoms. The first kappa shape index (κ1) is 21.1. The van der Waals surface area contributed by atoms with Crippen LogP contribution < -0.4 is 4.90 Å². The fourth-order valence-electron chi connectivity index (χ4n) is 2.21. The first-order valence-electron chi connectivity index (χ1n) is 7.79. The van der Waals surface area contributed by atoms with Crippen LogP contribution in [0, 0.1) is 0 Å². The summed E-state index contributed by atoms with van der Waals surface area (Å²) in [5.74, 6) is -0.668. The average molecular weight is 335 g/mol. The number of hydrogen-bond donors (Lipinski definition) is 1.